The summed E-state index contributed by atoms with van der Waals surface area (Å²) in [5, 5.41) is 8.72. The Hall–Kier alpha value is -1.11. The molecule has 0 unspecified atom stereocenters. The van der Waals surface area contributed by atoms with Gasteiger partial charge in [-0.25, -0.2) is 8.42 Å². The molecule has 0 aliphatic carbocycles. The standard InChI is InChI=1S/C12H23NO5S/c1-11(2,3)13(8-7-9(14)15)10(16)12(4,5)19(6,17)18/h7-8H2,1-6H3,(H,14,15). The molecular weight excluding hydrogens is 270 g/mol. The molecule has 0 radical (unpaired) electrons. The summed E-state index contributed by atoms with van der Waals surface area (Å²) in [5.74, 6) is -1.61. The van der Waals surface area contributed by atoms with Crippen LogP contribution in [-0.4, -0.2) is 53.4 Å². The van der Waals surface area contributed by atoms with Gasteiger partial charge in [-0.2, -0.15) is 0 Å². The van der Waals surface area contributed by atoms with Gasteiger partial charge in [-0.15, -0.1) is 0 Å². The molecule has 0 rings (SSSR count). The molecule has 7 heteroatoms. The number of amides is 1. The zero-order valence-electron chi connectivity index (χ0n) is 12.3. The Morgan fingerprint density at radius 2 is 1.53 bits per heavy atom. The highest BCUT2D eigenvalue weighted by Gasteiger charge is 2.44. The van der Waals surface area contributed by atoms with Gasteiger partial charge in [-0.3, -0.25) is 9.59 Å². The van der Waals surface area contributed by atoms with Gasteiger partial charge in [0.05, 0.1) is 6.42 Å². The van der Waals surface area contributed by atoms with E-state index >= 15 is 0 Å². The first-order valence-corrected chi connectivity index (χ1v) is 7.84. The van der Waals surface area contributed by atoms with Crippen LogP contribution in [0.5, 0.6) is 0 Å². The first-order chi connectivity index (χ1) is 8.21. The summed E-state index contributed by atoms with van der Waals surface area (Å²) in [6.07, 6.45) is 0.784. The summed E-state index contributed by atoms with van der Waals surface area (Å²) < 4.78 is 21.8. The van der Waals surface area contributed by atoms with Gasteiger partial charge in [0.1, 0.15) is 4.75 Å². The van der Waals surface area contributed by atoms with Crippen molar-refractivity contribution < 1.29 is 23.1 Å². The minimum absolute atomic E-state index is 0.0172. The fraction of sp³-hybridized carbons (Fsp3) is 0.833. The van der Waals surface area contributed by atoms with E-state index in [1.54, 1.807) is 20.8 Å². The molecule has 112 valence electrons. The van der Waals surface area contributed by atoms with E-state index in [0.29, 0.717) is 0 Å². The second-order valence-corrected chi connectivity index (χ2v) is 8.62. The number of carboxylic acid groups (broad SMARTS) is 1. The van der Waals surface area contributed by atoms with E-state index in [1.807, 2.05) is 0 Å². The van der Waals surface area contributed by atoms with Gasteiger partial charge in [-0.1, -0.05) is 0 Å². The number of hydrogen-bond acceptors (Lipinski definition) is 4. The number of hydrogen-bond donors (Lipinski definition) is 1. The van der Waals surface area contributed by atoms with Crippen LogP contribution in [0.2, 0.25) is 0 Å². The number of carbonyl (C=O) groups is 2. The van der Waals surface area contributed by atoms with Crippen LogP contribution in [-0.2, 0) is 19.4 Å². The zero-order chi connectivity index (χ0) is 15.6. The van der Waals surface area contributed by atoms with Crippen molar-refractivity contribution in [1.29, 1.82) is 0 Å². The fourth-order valence-electron chi connectivity index (χ4n) is 1.43. The minimum Gasteiger partial charge on any atom is -0.481 e. The number of carbonyl (C=O) groups excluding carboxylic acids is 1. The smallest absolute Gasteiger partial charge is 0.305 e. The highest BCUT2D eigenvalue weighted by atomic mass is 32.2. The normalized spacial score (nSPS) is 13.2. The van der Waals surface area contributed by atoms with Crippen molar-refractivity contribution in [1.82, 2.24) is 4.90 Å². The molecule has 1 N–H and O–H groups in total. The third-order valence-corrected chi connectivity index (χ3v) is 5.07. The van der Waals surface area contributed by atoms with Gasteiger partial charge >= 0.3 is 5.97 Å². The van der Waals surface area contributed by atoms with Crippen LogP contribution in [0, 0.1) is 0 Å². The van der Waals surface area contributed by atoms with Gasteiger partial charge in [0.15, 0.2) is 9.84 Å². The average molecular weight is 293 g/mol. The Morgan fingerprint density at radius 1 is 1.11 bits per heavy atom. The molecule has 0 aromatic heterocycles. The first kappa shape index (κ1) is 17.9. The van der Waals surface area contributed by atoms with E-state index in [2.05, 4.69) is 0 Å². The van der Waals surface area contributed by atoms with Crippen LogP contribution in [0.1, 0.15) is 41.0 Å². The highest BCUT2D eigenvalue weighted by molar-refractivity contribution is 7.92. The number of aliphatic carboxylic acids is 1. The summed E-state index contributed by atoms with van der Waals surface area (Å²) in [6.45, 7) is 7.88. The average Bonchev–Trinajstić information content (AvgIpc) is 2.12. The molecule has 6 nitrogen and oxygen atoms in total. The number of sulfone groups is 1. The SMILES string of the molecule is CC(C)(C)N(CCC(=O)O)C(=O)C(C)(C)S(C)(=O)=O. The lowest BCUT2D eigenvalue weighted by molar-refractivity contribution is -0.141. The maximum absolute atomic E-state index is 12.4. The monoisotopic (exact) mass is 293 g/mol. The Labute approximate surface area is 114 Å². The zero-order valence-corrected chi connectivity index (χ0v) is 13.2. The fourth-order valence-corrected chi connectivity index (χ4v) is 1.86. The molecule has 0 spiro atoms. The summed E-state index contributed by atoms with van der Waals surface area (Å²) in [6, 6.07) is 0. The van der Waals surface area contributed by atoms with Crippen LogP contribution < -0.4 is 0 Å². The lowest BCUT2D eigenvalue weighted by atomic mass is 10.0. The number of carboxylic acids is 1. The second kappa shape index (κ2) is 5.48. The van der Waals surface area contributed by atoms with E-state index < -0.39 is 32.0 Å². The Morgan fingerprint density at radius 3 is 1.79 bits per heavy atom. The largest absolute Gasteiger partial charge is 0.481 e. The van der Waals surface area contributed by atoms with Crippen LogP contribution in [0.25, 0.3) is 0 Å². The Kier molecular flexibility index (Phi) is 5.16. The topological polar surface area (TPSA) is 91.8 Å². The summed E-state index contributed by atoms with van der Waals surface area (Å²) in [4.78, 5) is 24.4. The van der Waals surface area contributed by atoms with Crippen molar-refractivity contribution in [3.05, 3.63) is 0 Å². The van der Waals surface area contributed by atoms with Crippen LogP contribution in [0.3, 0.4) is 0 Å². The molecule has 0 aromatic rings. The van der Waals surface area contributed by atoms with E-state index in [1.165, 1.54) is 18.7 Å². The first-order valence-electron chi connectivity index (χ1n) is 5.94. The van der Waals surface area contributed by atoms with E-state index in [0.717, 1.165) is 6.26 Å². The van der Waals surface area contributed by atoms with Crippen molar-refractivity contribution in [2.75, 3.05) is 12.8 Å². The maximum Gasteiger partial charge on any atom is 0.305 e. The molecule has 0 aromatic carbocycles. The molecule has 0 heterocycles. The molecule has 0 saturated heterocycles. The molecule has 19 heavy (non-hydrogen) atoms. The molecule has 0 saturated carbocycles. The molecule has 0 aliphatic heterocycles. The van der Waals surface area contributed by atoms with Gasteiger partial charge in [0, 0.05) is 18.3 Å². The minimum atomic E-state index is -3.58. The third-order valence-electron chi connectivity index (χ3n) is 3.05. The van der Waals surface area contributed by atoms with Crippen molar-refractivity contribution in [3.8, 4) is 0 Å². The lowest BCUT2D eigenvalue weighted by Gasteiger charge is -2.39. The Bertz CT molecular complexity index is 459. The molecule has 0 aliphatic rings. The van der Waals surface area contributed by atoms with Crippen molar-refractivity contribution in [2.45, 2.75) is 51.3 Å². The predicted molar refractivity (Wildman–Crippen MR) is 72.6 cm³/mol. The predicted octanol–water partition coefficient (Wildman–Crippen LogP) is 0.911. The summed E-state index contributed by atoms with van der Waals surface area (Å²) >= 11 is 0. The van der Waals surface area contributed by atoms with Gasteiger partial charge in [-0.05, 0) is 34.6 Å². The lowest BCUT2D eigenvalue weighted by Crippen LogP contribution is -2.56. The van der Waals surface area contributed by atoms with Gasteiger partial charge in [0.2, 0.25) is 5.91 Å². The molecule has 0 atom stereocenters. The molecule has 0 fully saturated rings. The second-order valence-electron chi connectivity index (χ2n) is 6.05. The van der Waals surface area contributed by atoms with Crippen molar-refractivity contribution in [2.24, 2.45) is 0 Å². The Balaban J connectivity index is 5.41. The number of rotatable bonds is 5. The van der Waals surface area contributed by atoms with E-state index in [9.17, 15) is 18.0 Å². The van der Waals surface area contributed by atoms with Crippen molar-refractivity contribution in [3.63, 3.8) is 0 Å². The quantitative estimate of drug-likeness (QED) is 0.813. The molecular formula is C12H23NO5S. The maximum atomic E-state index is 12.4. The van der Waals surface area contributed by atoms with Crippen LogP contribution >= 0.6 is 0 Å². The van der Waals surface area contributed by atoms with Crippen LogP contribution in [0.4, 0.5) is 0 Å². The third kappa shape index (κ3) is 4.49. The van der Waals surface area contributed by atoms with Gasteiger partial charge in [0.25, 0.3) is 0 Å². The summed E-state index contributed by atoms with van der Waals surface area (Å²) in [5.41, 5.74) is -0.644. The number of nitrogens with zero attached hydrogens (tertiary/aromatic N) is 1. The summed E-state index contributed by atoms with van der Waals surface area (Å²) in [7, 11) is -3.58. The molecule has 1 amide bonds. The van der Waals surface area contributed by atoms with E-state index in [4.69, 9.17) is 5.11 Å². The van der Waals surface area contributed by atoms with Crippen LogP contribution in [0.15, 0.2) is 0 Å². The van der Waals surface area contributed by atoms with E-state index in [-0.39, 0.29) is 13.0 Å². The van der Waals surface area contributed by atoms with Gasteiger partial charge < -0.3 is 10.0 Å². The highest BCUT2D eigenvalue weighted by Crippen LogP contribution is 2.24. The molecule has 0 bridgehead atoms. The van der Waals surface area contributed by atoms with Crippen molar-refractivity contribution >= 4 is 21.7 Å².